The van der Waals surface area contributed by atoms with Crippen LogP contribution in [0.5, 0.6) is 0 Å². The lowest BCUT2D eigenvalue weighted by atomic mass is 9.89. The lowest BCUT2D eigenvalue weighted by Gasteiger charge is -2.16. The summed E-state index contributed by atoms with van der Waals surface area (Å²) in [4.78, 5) is 23.9. The fraction of sp³-hybridized carbons (Fsp3) is 0.926. The molecule has 0 radical (unpaired) electrons. The standard InChI is InChI=1S/C27H52O5/c1-3-5-7-14-17-24(21-25(29)19-13-6-4-2)18-15-11-9-8-10-12-16-20-27(31)32-23-26(30)22-28/h24,26,28,30H,3-23H2,1-2H3. The molecule has 0 bridgehead atoms. The number of ketones is 1. The van der Waals surface area contributed by atoms with E-state index in [0.717, 1.165) is 38.5 Å². The fourth-order valence-electron chi connectivity index (χ4n) is 4.10. The summed E-state index contributed by atoms with van der Waals surface area (Å²) >= 11 is 0. The van der Waals surface area contributed by atoms with Crippen molar-refractivity contribution < 1.29 is 24.5 Å². The van der Waals surface area contributed by atoms with E-state index in [0.29, 0.717) is 18.1 Å². The highest BCUT2D eigenvalue weighted by molar-refractivity contribution is 5.78. The summed E-state index contributed by atoms with van der Waals surface area (Å²) in [6.07, 6.45) is 19.7. The molecule has 0 aromatic rings. The minimum Gasteiger partial charge on any atom is -0.463 e. The number of rotatable bonds is 24. The van der Waals surface area contributed by atoms with Crippen molar-refractivity contribution in [2.75, 3.05) is 13.2 Å². The first-order valence-electron chi connectivity index (χ1n) is 13.5. The molecule has 0 amide bonds. The van der Waals surface area contributed by atoms with Crippen LogP contribution in [0.15, 0.2) is 0 Å². The van der Waals surface area contributed by atoms with Crippen molar-refractivity contribution in [2.45, 2.75) is 142 Å². The molecule has 0 aliphatic carbocycles. The van der Waals surface area contributed by atoms with Crippen LogP contribution in [0.25, 0.3) is 0 Å². The van der Waals surface area contributed by atoms with Crippen molar-refractivity contribution >= 4 is 11.8 Å². The number of Topliss-reactive ketones (excluding diaryl/α,β-unsaturated/α-hetero) is 1. The van der Waals surface area contributed by atoms with E-state index < -0.39 is 6.10 Å². The van der Waals surface area contributed by atoms with E-state index in [1.807, 2.05) is 0 Å². The third-order valence-corrected chi connectivity index (χ3v) is 6.18. The lowest BCUT2D eigenvalue weighted by Crippen LogP contribution is -2.21. The van der Waals surface area contributed by atoms with Gasteiger partial charge >= 0.3 is 5.97 Å². The SMILES string of the molecule is CCCCCCC(CCCCCCCCCC(=O)OCC(O)CO)CC(=O)CCCCC. The zero-order valence-corrected chi connectivity index (χ0v) is 21.1. The molecule has 0 saturated carbocycles. The number of ether oxygens (including phenoxy) is 1. The van der Waals surface area contributed by atoms with Crippen molar-refractivity contribution in [2.24, 2.45) is 5.92 Å². The largest absolute Gasteiger partial charge is 0.463 e. The predicted molar refractivity (Wildman–Crippen MR) is 132 cm³/mol. The minimum absolute atomic E-state index is 0.126. The van der Waals surface area contributed by atoms with Crippen LogP contribution >= 0.6 is 0 Å². The quantitative estimate of drug-likeness (QED) is 0.128. The van der Waals surface area contributed by atoms with Crippen LogP contribution in [0.4, 0.5) is 0 Å². The molecule has 0 aromatic carbocycles. The van der Waals surface area contributed by atoms with Crippen LogP contribution in [0, 0.1) is 5.92 Å². The first kappa shape index (κ1) is 31.1. The first-order valence-corrected chi connectivity index (χ1v) is 13.5. The third kappa shape index (κ3) is 20.9. The van der Waals surface area contributed by atoms with Crippen LogP contribution in [0.2, 0.25) is 0 Å². The second-order valence-electron chi connectivity index (χ2n) is 9.45. The number of carbonyl (C=O) groups is 2. The molecular weight excluding hydrogens is 404 g/mol. The minimum atomic E-state index is -0.978. The maximum absolute atomic E-state index is 12.3. The summed E-state index contributed by atoms with van der Waals surface area (Å²) in [6, 6.07) is 0. The Bertz CT molecular complexity index is 438. The van der Waals surface area contributed by atoms with Crippen molar-refractivity contribution in [1.82, 2.24) is 0 Å². The highest BCUT2D eigenvalue weighted by Crippen LogP contribution is 2.23. The number of aliphatic hydroxyl groups is 2. The average molecular weight is 457 g/mol. The van der Waals surface area contributed by atoms with Gasteiger partial charge in [0.15, 0.2) is 0 Å². The zero-order chi connectivity index (χ0) is 23.9. The summed E-state index contributed by atoms with van der Waals surface area (Å²) in [6.45, 7) is 3.91. The van der Waals surface area contributed by atoms with E-state index in [-0.39, 0.29) is 19.2 Å². The number of unbranched alkanes of at least 4 members (excludes halogenated alkanes) is 11. The van der Waals surface area contributed by atoms with E-state index in [4.69, 9.17) is 14.9 Å². The topological polar surface area (TPSA) is 83.8 Å². The Labute approximate surface area is 197 Å². The monoisotopic (exact) mass is 456 g/mol. The van der Waals surface area contributed by atoms with Crippen molar-refractivity contribution in [3.8, 4) is 0 Å². The third-order valence-electron chi connectivity index (χ3n) is 6.18. The maximum atomic E-state index is 12.3. The van der Waals surface area contributed by atoms with Gasteiger partial charge in [0, 0.05) is 19.3 Å². The predicted octanol–water partition coefficient (Wildman–Crippen LogP) is 6.52. The lowest BCUT2D eigenvalue weighted by molar-refractivity contribution is -0.147. The summed E-state index contributed by atoms with van der Waals surface area (Å²) in [7, 11) is 0. The molecule has 0 rings (SSSR count). The Morgan fingerprint density at radius 3 is 1.81 bits per heavy atom. The first-order chi connectivity index (χ1) is 15.5. The van der Waals surface area contributed by atoms with Crippen LogP contribution in [-0.4, -0.2) is 41.3 Å². The van der Waals surface area contributed by atoms with E-state index in [9.17, 15) is 9.59 Å². The maximum Gasteiger partial charge on any atom is 0.305 e. The number of carbonyl (C=O) groups excluding carboxylic acids is 2. The van der Waals surface area contributed by atoms with E-state index in [1.165, 1.54) is 77.0 Å². The van der Waals surface area contributed by atoms with E-state index >= 15 is 0 Å². The Morgan fingerprint density at radius 2 is 1.22 bits per heavy atom. The molecule has 0 heterocycles. The number of esters is 1. The molecule has 32 heavy (non-hydrogen) atoms. The smallest absolute Gasteiger partial charge is 0.305 e. The summed E-state index contributed by atoms with van der Waals surface area (Å²) in [5, 5.41) is 17.9. The molecule has 5 heteroatoms. The van der Waals surface area contributed by atoms with Gasteiger partial charge in [-0.15, -0.1) is 0 Å². The zero-order valence-electron chi connectivity index (χ0n) is 21.1. The molecule has 0 aromatic heterocycles. The van der Waals surface area contributed by atoms with Crippen molar-refractivity contribution in [3.63, 3.8) is 0 Å². The van der Waals surface area contributed by atoms with E-state index in [1.54, 1.807) is 0 Å². The van der Waals surface area contributed by atoms with E-state index in [2.05, 4.69) is 13.8 Å². The summed E-state index contributed by atoms with van der Waals surface area (Å²) in [5.74, 6) is 0.756. The number of hydrogen-bond acceptors (Lipinski definition) is 5. The molecule has 2 atom stereocenters. The second-order valence-corrected chi connectivity index (χ2v) is 9.45. The van der Waals surface area contributed by atoms with Gasteiger partial charge < -0.3 is 14.9 Å². The molecular formula is C27H52O5. The van der Waals surface area contributed by atoms with Gasteiger partial charge in [0.1, 0.15) is 18.5 Å². The van der Waals surface area contributed by atoms with Crippen LogP contribution in [-0.2, 0) is 14.3 Å². The van der Waals surface area contributed by atoms with Gasteiger partial charge in [0.05, 0.1) is 6.61 Å². The van der Waals surface area contributed by atoms with Gasteiger partial charge in [-0.1, -0.05) is 104 Å². The molecule has 0 aliphatic rings. The average Bonchev–Trinajstić information content (AvgIpc) is 2.78. The Hall–Kier alpha value is -0.940. The van der Waals surface area contributed by atoms with Crippen molar-refractivity contribution in [3.05, 3.63) is 0 Å². The number of hydrogen-bond donors (Lipinski definition) is 2. The van der Waals surface area contributed by atoms with Gasteiger partial charge in [0.2, 0.25) is 0 Å². The highest BCUT2D eigenvalue weighted by Gasteiger charge is 2.13. The molecule has 190 valence electrons. The van der Waals surface area contributed by atoms with Crippen LogP contribution in [0.3, 0.4) is 0 Å². The molecule has 0 saturated heterocycles. The highest BCUT2D eigenvalue weighted by atomic mass is 16.5. The Balaban J connectivity index is 3.83. The molecule has 0 fully saturated rings. The molecule has 0 aliphatic heterocycles. The normalized spacial score (nSPS) is 13.1. The van der Waals surface area contributed by atoms with Crippen LogP contribution in [0.1, 0.15) is 136 Å². The summed E-state index contributed by atoms with van der Waals surface area (Å²) < 4.78 is 4.90. The van der Waals surface area contributed by atoms with Crippen molar-refractivity contribution in [1.29, 1.82) is 0 Å². The molecule has 2 N–H and O–H groups in total. The van der Waals surface area contributed by atoms with Gasteiger partial charge in [-0.2, -0.15) is 0 Å². The fourth-order valence-corrected chi connectivity index (χ4v) is 4.10. The Morgan fingerprint density at radius 1 is 0.719 bits per heavy atom. The van der Waals surface area contributed by atoms with Gasteiger partial charge in [0.25, 0.3) is 0 Å². The second kappa shape index (κ2) is 23.2. The molecule has 5 nitrogen and oxygen atoms in total. The van der Waals surface area contributed by atoms with Crippen LogP contribution < -0.4 is 0 Å². The molecule has 2 unspecified atom stereocenters. The number of aliphatic hydroxyl groups excluding tert-OH is 2. The molecule has 0 spiro atoms. The Kier molecular flexibility index (Phi) is 22.5. The summed E-state index contributed by atoms with van der Waals surface area (Å²) in [5.41, 5.74) is 0. The van der Waals surface area contributed by atoms with Gasteiger partial charge in [-0.25, -0.2) is 0 Å². The van der Waals surface area contributed by atoms with Gasteiger partial charge in [-0.05, 0) is 18.8 Å². The van der Waals surface area contributed by atoms with Gasteiger partial charge in [-0.3, -0.25) is 9.59 Å².